The molecule has 0 saturated heterocycles. The van der Waals surface area contributed by atoms with Crippen LogP contribution in [0.1, 0.15) is 18.9 Å². The number of hydrogen-bond acceptors (Lipinski definition) is 3. The van der Waals surface area contributed by atoms with E-state index in [4.69, 9.17) is 27.2 Å². The second kappa shape index (κ2) is 5.95. The van der Waals surface area contributed by atoms with E-state index in [9.17, 15) is 0 Å². The third-order valence-electron chi connectivity index (χ3n) is 2.04. The van der Waals surface area contributed by atoms with Crippen LogP contribution in [0.3, 0.4) is 0 Å². The van der Waals surface area contributed by atoms with Crippen molar-refractivity contribution in [2.75, 3.05) is 6.61 Å². The molecule has 0 aliphatic heterocycles. The predicted octanol–water partition coefficient (Wildman–Crippen LogP) is 1.95. The van der Waals surface area contributed by atoms with Gasteiger partial charge in [-0.1, -0.05) is 11.6 Å². The molecular formula is C11H16ClNO2. The summed E-state index contributed by atoms with van der Waals surface area (Å²) in [7, 11) is 0. The molecule has 0 aromatic heterocycles. The van der Waals surface area contributed by atoms with Crippen molar-refractivity contribution in [2.24, 2.45) is 5.73 Å². The molecule has 0 spiro atoms. The number of aliphatic hydroxyl groups excluding tert-OH is 1. The van der Waals surface area contributed by atoms with Gasteiger partial charge in [0.2, 0.25) is 0 Å². The summed E-state index contributed by atoms with van der Waals surface area (Å²) in [4.78, 5) is 0. The predicted molar refractivity (Wildman–Crippen MR) is 61.1 cm³/mol. The summed E-state index contributed by atoms with van der Waals surface area (Å²) in [6, 6.07) is 5.35. The standard InChI is InChI=1S/C11H16ClNO2/c1-8(14)4-5-15-11-3-2-10(12)6-9(11)7-13/h2-3,6,8,14H,4-5,7,13H2,1H3. The van der Waals surface area contributed by atoms with Crippen molar-refractivity contribution in [3.8, 4) is 5.75 Å². The van der Waals surface area contributed by atoms with E-state index in [0.29, 0.717) is 24.6 Å². The zero-order chi connectivity index (χ0) is 11.3. The van der Waals surface area contributed by atoms with E-state index < -0.39 is 0 Å². The van der Waals surface area contributed by atoms with Crippen LogP contribution in [0.15, 0.2) is 18.2 Å². The Morgan fingerprint density at radius 3 is 2.87 bits per heavy atom. The minimum atomic E-state index is -0.348. The van der Waals surface area contributed by atoms with Crippen molar-refractivity contribution >= 4 is 11.6 Å². The van der Waals surface area contributed by atoms with Crippen LogP contribution in [0.4, 0.5) is 0 Å². The maximum Gasteiger partial charge on any atom is 0.123 e. The Labute approximate surface area is 94.8 Å². The number of hydrogen-bond donors (Lipinski definition) is 2. The summed E-state index contributed by atoms with van der Waals surface area (Å²) < 4.78 is 5.50. The quantitative estimate of drug-likeness (QED) is 0.812. The van der Waals surface area contributed by atoms with Crippen LogP contribution in [0.5, 0.6) is 5.75 Å². The van der Waals surface area contributed by atoms with Crippen molar-refractivity contribution in [1.29, 1.82) is 0 Å². The molecule has 1 aromatic carbocycles. The van der Waals surface area contributed by atoms with Gasteiger partial charge in [0.05, 0.1) is 12.7 Å². The van der Waals surface area contributed by atoms with Gasteiger partial charge in [-0.3, -0.25) is 0 Å². The molecule has 0 amide bonds. The molecule has 0 saturated carbocycles. The molecule has 0 aliphatic carbocycles. The maximum atomic E-state index is 9.08. The highest BCUT2D eigenvalue weighted by molar-refractivity contribution is 6.30. The molecule has 3 N–H and O–H groups in total. The summed E-state index contributed by atoms with van der Waals surface area (Å²) in [5, 5.41) is 9.73. The summed E-state index contributed by atoms with van der Waals surface area (Å²) in [6.45, 7) is 2.60. The number of nitrogens with two attached hydrogens (primary N) is 1. The summed E-state index contributed by atoms with van der Waals surface area (Å²) >= 11 is 5.83. The third-order valence-corrected chi connectivity index (χ3v) is 2.27. The molecule has 0 radical (unpaired) electrons. The van der Waals surface area contributed by atoms with Crippen molar-refractivity contribution in [3.05, 3.63) is 28.8 Å². The maximum absolute atomic E-state index is 9.08. The van der Waals surface area contributed by atoms with E-state index in [1.807, 2.05) is 0 Å². The lowest BCUT2D eigenvalue weighted by molar-refractivity contribution is 0.155. The van der Waals surface area contributed by atoms with E-state index >= 15 is 0 Å². The largest absolute Gasteiger partial charge is 0.493 e. The zero-order valence-corrected chi connectivity index (χ0v) is 9.50. The van der Waals surface area contributed by atoms with Gasteiger partial charge in [0, 0.05) is 23.6 Å². The Balaban J connectivity index is 2.60. The third kappa shape index (κ3) is 4.08. The molecule has 0 heterocycles. The molecule has 1 aromatic rings. The van der Waals surface area contributed by atoms with E-state index in [0.717, 1.165) is 11.3 Å². The number of benzene rings is 1. The lowest BCUT2D eigenvalue weighted by Crippen LogP contribution is -2.09. The van der Waals surface area contributed by atoms with Gasteiger partial charge >= 0.3 is 0 Å². The highest BCUT2D eigenvalue weighted by Gasteiger charge is 2.03. The lowest BCUT2D eigenvalue weighted by atomic mass is 10.2. The van der Waals surface area contributed by atoms with E-state index in [2.05, 4.69) is 0 Å². The normalized spacial score (nSPS) is 12.5. The molecule has 0 bridgehead atoms. The fraction of sp³-hybridized carbons (Fsp3) is 0.455. The summed E-state index contributed by atoms with van der Waals surface area (Å²) in [5.41, 5.74) is 6.45. The Morgan fingerprint density at radius 2 is 2.27 bits per heavy atom. The molecule has 15 heavy (non-hydrogen) atoms. The fourth-order valence-electron chi connectivity index (χ4n) is 1.19. The van der Waals surface area contributed by atoms with Crippen LogP contribution < -0.4 is 10.5 Å². The number of ether oxygens (including phenoxy) is 1. The minimum Gasteiger partial charge on any atom is -0.493 e. The van der Waals surface area contributed by atoms with Crippen molar-refractivity contribution in [1.82, 2.24) is 0 Å². The average Bonchev–Trinajstić information content (AvgIpc) is 2.19. The summed E-state index contributed by atoms with van der Waals surface area (Å²) in [6.07, 6.45) is 0.255. The topological polar surface area (TPSA) is 55.5 Å². The van der Waals surface area contributed by atoms with Gasteiger partial charge in [-0.05, 0) is 25.1 Å². The number of aliphatic hydroxyl groups is 1. The average molecular weight is 230 g/mol. The Kier molecular flexibility index (Phi) is 4.88. The van der Waals surface area contributed by atoms with Crippen LogP contribution >= 0.6 is 11.6 Å². The SMILES string of the molecule is CC(O)CCOc1ccc(Cl)cc1CN. The highest BCUT2D eigenvalue weighted by Crippen LogP contribution is 2.22. The molecule has 84 valence electrons. The first-order chi connectivity index (χ1) is 7.13. The molecule has 4 heteroatoms. The van der Waals surface area contributed by atoms with E-state index in [-0.39, 0.29) is 6.10 Å². The van der Waals surface area contributed by atoms with E-state index in [1.165, 1.54) is 0 Å². The van der Waals surface area contributed by atoms with Gasteiger partial charge in [0.1, 0.15) is 5.75 Å². The Hall–Kier alpha value is -0.770. The molecule has 0 fully saturated rings. The molecule has 3 nitrogen and oxygen atoms in total. The monoisotopic (exact) mass is 229 g/mol. The van der Waals surface area contributed by atoms with Gasteiger partial charge in [-0.15, -0.1) is 0 Å². The fourth-order valence-corrected chi connectivity index (χ4v) is 1.38. The first-order valence-corrected chi connectivity index (χ1v) is 5.30. The molecular weight excluding hydrogens is 214 g/mol. The molecule has 1 unspecified atom stereocenters. The molecule has 1 rings (SSSR count). The smallest absolute Gasteiger partial charge is 0.123 e. The zero-order valence-electron chi connectivity index (χ0n) is 8.74. The number of halogens is 1. The van der Waals surface area contributed by atoms with Crippen LogP contribution in [0.2, 0.25) is 5.02 Å². The first kappa shape index (κ1) is 12.3. The van der Waals surface area contributed by atoms with Gasteiger partial charge in [-0.25, -0.2) is 0 Å². The van der Waals surface area contributed by atoms with Crippen molar-refractivity contribution in [2.45, 2.75) is 26.0 Å². The van der Waals surface area contributed by atoms with E-state index in [1.54, 1.807) is 25.1 Å². The number of rotatable bonds is 5. The van der Waals surface area contributed by atoms with Gasteiger partial charge < -0.3 is 15.6 Å². The van der Waals surface area contributed by atoms with Crippen LogP contribution in [0, 0.1) is 0 Å². The van der Waals surface area contributed by atoms with Gasteiger partial charge in [-0.2, -0.15) is 0 Å². The van der Waals surface area contributed by atoms with Crippen LogP contribution in [-0.2, 0) is 6.54 Å². The second-order valence-electron chi connectivity index (χ2n) is 3.44. The van der Waals surface area contributed by atoms with Crippen LogP contribution in [0.25, 0.3) is 0 Å². The molecule has 1 atom stereocenters. The highest BCUT2D eigenvalue weighted by atomic mass is 35.5. The summed E-state index contributed by atoms with van der Waals surface area (Å²) in [5.74, 6) is 0.738. The van der Waals surface area contributed by atoms with Crippen molar-refractivity contribution in [3.63, 3.8) is 0 Å². The van der Waals surface area contributed by atoms with Crippen LogP contribution in [-0.4, -0.2) is 17.8 Å². The lowest BCUT2D eigenvalue weighted by Gasteiger charge is -2.11. The molecule has 0 aliphatic rings. The second-order valence-corrected chi connectivity index (χ2v) is 3.88. The van der Waals surface area contributed by atoms with Gasteiger partial charge in [0.25, 0.3) is 0 Å². The Morgan fingerprint density at radius 1 is 1.53 bits per heavy atom. The van der Waals surface area contributed by atoms with Crippen molar-refractivity contribution < 1.29 is 9.84 Å². The van der Waals surface area contributed by atoms with Gasteiger partial charge in [0.15, 0.2) is 0 Å². The Bertz CT molecular complexity index is 315. The first-order valence-electron chi connectivity index (χ1n) is 4.93. The minimum absolute atomic E-state index is 0.348.